The number of rotatable bonds is 33. The van der Waals surface area contributed by atoms with Crippen LogP contribution in [0.15, 0.2) is 0 Å². The van der Waals surface area contributed by atoms with Crippen LogP contribution in [0.3, 0.4) is 0 Å². The summed E-state index contributed by atoms with van der Waals surface area (Å²) in [6.45, 7) is -6.75. The second kappa shape index (κ2) is 42.5. The SMILES string of the molecule is O=C(O)CN(CCN(CC(=O)O)CC(=O)O)CC(=O)O.O=C(O)CN(CCN(CC(=O)O)CC(=O)O)CC(=O)O.O=C(O)CN(CCN(CC(=O)O)CC(=O)O)CC(=O)O.[Cr].[Cr].[Cr].[Cr]. The summed E-state index contributed by atoms with van der Waals surface area (Å²) in [6.07, 6.45) is 0. The number of hydrogen-bond acceptors (Lipinski definition) is 18. The van der Waals surface area contributed by atoms with Crippen LogP contribution in [0.2, 0.25) is 0 Å². The van der Waals surface area contributed by atoms with Gasteiger partial charge in [0.25, 0.3) is 0 Å². The third-order valence-corrected chi connectivity index (χ3v) is 6.50. The normalized spacial score (nSPS) is 10.0. The van der Waals surface area contributed by atoms with Gasteiger partial charge in [-0.15, -0.1) is 0 Å². The van der Waals surface area contributed by atoms with Crippen LogP contribution in [0.4, 0.5) is 0 Å². The molecule has 0 rings (SSSR count). The van der Waals surface area contributed by atoms with E-state index in [1.165, 1.54) is 0 Å². The van der Waals surface area contributed by atoms with Gasteiger partial charge in [0.2, 0.25) is 0 Å². The molecule has 0 aromatic heterocycles. The van der Waals surface area contributed by atoms with Crippen molar-refractivity contribution in [1.29, 1.82) is 0 Å². The fourth-order valence-corrected chi connectivity index (χ4v) is 4.43. The maximum Gasteiger partial charge on any atom is 0.317 e. The molecule has 0 radical (unpaired) electrons. The number of hydrogen-bond donors (Lipinski definition) is 12. The molecule has 12 N–H and O–H groups in total. The average molecular weight is 1080 g/mol. The van der Waals surface area contributed by atoms with Crippen LogP contribution in [0, 0.1) is 0 Å². The van der Waals surface area contributed by atoms with Crippen LogP contribution in [0.1, 0.15) is 0 Å². The van der Waals surface area contributed by atoms with E-state index in [1.54, 1.807) is 0 Å². The van der Waals surface area contributed by atoms with Crippen molar-refractivity contribution in [3.8, 4) is 0 Å². The Labute approximate surface area is 405 Å². The predicted molar refractivity (Wildman–Crippen MR) is 190 cm³/mol. The maximum absolute atomic E-state index is 10.6. The van der Waals surface area contributed by atoms with Gasteiger partial charge in [-0.25, -0.2) is 0 Å². The van der Waals surface area contributed by atoms with Gasteiger partial charge in [0.1, 0.15) is 0 Å². The largest absolute Gasteiger partial charge is 0.480 e. The summed E-state index contributed by atoms with van der Waals surface area (Å²) in [4.78, 5) is 133. The van der Waals surface area contributed by atoms with Crippen molar-refractivity contribution in [2.75, 3.05) is 118 Å². The Morgan fingerprint density at radius 3 is 0.297 bits per heavy atom. The quantitative estimate of drug-likeness (QED) is 0.0291. The van der Waals surface area contributed by atoms with Crippen molar-refractivity contribution in [1.82, 2.24) is 29.4 Å². The smallest absolute Gasteiger partial charge is 0.317 e. The Morgan fingerprint density at radius 1 is 0.188 bits per heavy atom. The third kappa shape index (κ3) is 53.7. The number of carboxylic acids is 12. The van der Waals surface area contributed by atoms with E-state index >= 15 is 0 Å². The van der Waals surface area contributed by atoms with Crippen LogP contribution < -0.4 is 0 Å². The van der Waals surface area contributed by atoms with Gasteiger partial charge in [-0.1, -0.05) is 0 Å². The topological polar surface area (TPSA) is 467 Å². The van der Waals surface area contributed by atoms with Crippen LogP contribution in [0.25, 0.3) is 0 Å². The van der Waals surface area contributed by atoms with E-state index in [-0.39, 0.29) is 109 Å². The molecule has 64 heavy (non-hydrogen) atoms. The number of aliphatic carboxylic acids is 12. The molecule has 0 atom stereocenters. The first kappa shape index (κ1) is 73.9. The molecule has 0 aliphatic carbocycles. The average Bonchev–Trinajstić information content (AvgIpc) is 3.02. The number of nitrogens with zero attached hydrogens (tertiary/aromatic N) is 6. The Balaban J connectivity index is -0.000000148. The van der Waals surface area contributed by atoms with Crippen LogP contribution in [-0.4, -0.2) is 280 Å². The van der Waals surface area contributed by atoms with Gasteiger partial charge in [-0.3, -0.25) is 86.9 Å². The molecule has 34 heteroatoms. The van der Waals surface area contributed by atoms with Crippen molar-refractivity contribution in [3.05, 3.63) is 0 Å². The molecule has 0 amide bonds. The van der Waals surface area contributed by atoms with E-state index in [2.05, 4.69) is 0 Å². The van der Waals surface area contributed by atoms with E-state index in [9.17, 15) is 57.5 Å². The molecule has 0 bridgehead atoms. The van der Waals surface area contributed by atoms with E-state index in [4.69, 9.17) is 61.3 Å². The summed E-state index contributed by atoms with van der Waals surface area (Å²) in [5.41, 5.74) is 0. The first-order valence-corrected chi connectivity index (χ1v) is 16.6. The zero-order valence-electron chi connectivity index (χ0n) is 33.3. The van der Waals surface area contributed by atoms with Gasteiger partial charge in [0, 0.05) is 109 Å². The molecule has 0 heterocycles. The van der Waals surface area contributed by atoms with E-state index in [0.717, 1.165) is 29.4 Å². The van der Waals surface area contributed by atoms with Crippen molar-refractivity contribution < 1.29 is 188 Å². The van der Waals surface area contributed by atoms with E-state index in [1.807, 2.05) is 0 Å². The monoisotopic (exact) mass is 1080 g/mol. The molecule has 366 valence electrons. The van der Waals surface area contributed by atoms with Crippen molar-refractivity contribution in [3.63, 3.8) is 0 Å². The number of carbonyl (C=O) groups is 12. The molecule has 0 saturated carbocycles. The molecule has 0 unspecified atom stereocenters. The summed E-state index contributed by atoms with van der Waals surface area (Å²) in [5.74, 6) is -14.7. The van der Waals surface area contributed by atoms with Crippen LogP contribution in [0.5, 0.6) is 0 Å². The Kier molecular flexibility index (Phi) is 49.1. The Morgan fingerprint density at radius 2 is 0.250 bits per heavy atom. The van der Waals surface area contributed by atoms with E-state index in [0.29, 0.717) is 0 Å². The predicted octanol–water partition coefficient (Wildman–Crippen LogP) is -6.22. The molecule has 0 fully saturated rings. The molecular weight excluding hydrogens is 1040 g/mol. The van der Waals surface area contributed by atoms with Gasteiger partial charge in [-0.2, -0.15) is 0 Å². The molecule has 30 nitrogen and oxygen atoms in total. The molecule has 0 aliphatic heterocycles. The maximum atomic E-state index is 10.6. The van der Waals surface area contributed by atoms with Crippen LogP contribution in [-0.2, 0) is 127 Å². The minimum atomic E-state index is -1.23. The first-order chi connectivity index (χ1) is 27.6. The molecule has 0 spiro atoms. The fourth-order valence-electron chi connectivity index (χ4n) is 4.43. The second-order valence-electron chi connectivity index (χ2n) is 12.0. The first-order valence-electron chi connectivity index (χ1n) is 16.6. The van der Waals surface area contributed by atoms with Crippen molar-refractivity contribution >= 4 is 71.6 Å². The minimum absolute atomic E-state index is 0. The molecule has 0 aromatic rings. The summed E-state index contributed by atoms with van der Waals surface area (Å²) in [7, 11) is 0. The fraction of sp³-hybridized carbons (Fsp3) is 0.600. The zero-order chi connectivity index (χ0) is 47.1. The number of carboxylic acid groups (broad SMARTS) is 12. The second-order valence-corrected chi connectivity index (χ2v) is 12.0. The standard InChI is InChI=1S/3C10H16N2O8.4Cr/c3*13-7(14)3-11(4-8(15)16)1-2-12(5-9(17)18)6-10(19)20;;;;/h3*1-6H2,(H,13,14)(H,15,16)(H,17,18)(H,19,20);;;;. The van der Waals surface area contributed by atoms with Gasteiger partial charge in [0.05, 0.1) is 78.5 Å². The van der Waals surface area contributed by atoms with Gasteiger partial charge >= 0.3 is 71.6 Å². The molecule has 0 aliphatic rings. The minimum Gasteiger partial charge on any atom is -0.480 e. The van der Waals surface area contributed by atoms with Crippen LogP contribution >= 0.6 is 0 Å². The molecule has 0 saturated heterocycles. The summed E-state index contributed by atoms with van der Waals surface area (Å²) in [6, 6.07) is 0. The Hall–Kier alpha value is -4.47. The van der Waals surface area contributed by atoms with Gasteiger partial charge < -0.3 is 61.3 Å². The molecule has 0 aromatic carbocycles. The van der Waals surface area contributed by atoms with Gasteiger partial charge in [-0.05, 0) is 0 Å². The Bertz CT molecular complexity index is 1140. The summed E-state index contributed by atoms with van der Waals surface area (Å²) in [5, 5.41) is 103. The third-order valence-electron chi connectivity index (χ3n) is 6.50. The zero-order valence-corrected chi connectivity index (χ0v) is 38.4. The van der Waals surface area contributed by atoms with Crippen molar-refractivity contribution in [2.45, 2.75) is 0 Å². The van der Waals surface area contributed by atoms with Crippen molar-refractivity contribution in [2.24, 2.45) is 0 Å². The summed E-state index contributed by atoms with van der Waals surface area (Å²) >= 11 is 0. The van der Waals surface area contributed by atoms with E-state index < -0.39 is 150 Å². The van der Waals surface area contributed by atoms with Gasteiger partial charge in [0.15, 0.2) is 0 Å². The molecular formula is C30H48Cr4N6O24. The summed E-state index contributed by atoms with van der Waals surface area (Å²) < 4.78 is 0.